The molecule has 0 aromatic rings. The maximum absolute atomic E-state index is 4.90. The largest absolute Gasteiger partial charge is 0.665 e. The van der Waals surface area contributed by atoms with Crippen LogP contribution >= 0.6 is 0 Å². The summed E-state index contributed by atoms with van der Waals surface area (Å²) in [7, 11) is 3.54. The number of nitrogens with zero attached hydrogens (tertiary/aromatic N) is 1. The van der Waals surface area contributed by atoms with Crippen molar-refractivity contribution in [2.75, 3.05) is 27.3 Å². The van der Waals surface area contributed by atoms with Crippen molar-refractivity contribution in [2.45, 2.75) is 6.92 Å². The lowest BCUT2D eigenvalue weighted by Crippen LogP contribution is -2.06. The Morgan fingerprint density at radius 2 is 2.25 bits per heavy atom. The van der Waals surface area contributed by atoms with E-state index in [-0.39, 0.29) is 0 Å². The zero-order valence-electron chi connectivity index (χ0n) is 5.85. The van der Waals surface area contributed by atoms with Gasteiger partial charge >= 0.3 is 0 Å². The first kappa shape index (κ1) is 7.92. The molecule has 0 fully saturated rings. The van der Waals surface area contributed by atoms with Crippen LogP contribution in [0.2, 0.25) is 0 Å². The van der Waals surface area contributed by atoms with Crippen LogP contribution in [0.1, 0.15) is 6.92 Å². The van der Waals surface area contributed by atoms with E-state index in [0.717, 1.165) is 13.2 Å². The number of ether oxygens (including phenoxy) is 1. The van der Waals surface area contributed by atoms with E-state index in [1.165, 1.54) is 0 Å². The molecule has 0 aliphatic carbocycles. The van der Waals surface area contributed by atoms with Gasteiger partial charge in [0.25, 0.3) is 0 Å². The van der Waals surface area contributed by atoms with E-state index in [1.54, 1.807) is 7.11 Å². The molecular formula is C6H14NO-. The average Bonchev–Trinajstić information content (AvgIpc) is 1.68. The maximum Gasteiger partial charge on any atom is 0.0471 e. The molecular weight excluding hydrogens is 102 g/mol. The Bertz CT molecular complexity index is 41.8. The summed E-state index contributed by atoms with van der Waals surface area (Å²) in [6.07, 6.45) is 0. The van der Waals surface area contributed by atoms with E-state index in [9.17, 15) is 0 Å². The van der Waals surface area contributed by atoms with Crippen LogP contribution in [0.15, 0.2) is 0 Å². The molecule has 2 nitrogen and oxygen atoms in total. The quantitative estimate of drug-likeness (QED) is 0.542. The van der Waals surface area contributed by atoms with Gasteiger partial charge < -0.3 is 10.1 Å². The second-order valence-corrected chi connectivity index (χ2v) is 2.06. The van der Waals surface area contributed by atoms with Gasteiger partial charge in [-0.05, 0) is 5.92 Å². The van der Waals surface area contributed by atoms with Gasteiger partial charge in [0, 0.05) is 13.7 Å². The Morgan fingerprint density at radius 1 is 1.62 bits per heavy atom. The lowest BCUT2D eigenvalue weighted by molar-refractivity contribution is 0.165. The van der Waals surface area contributed by atoms with Crippen LogP contribution in [-0.2, 0) is 4.74 Å². The lowest BCUT2D eigenvalue weighted by atomic mass is 10.2. The Balaban J connectivity index is 2.92. The van der Waals surface area contributed by atoms with Gasteiger partial charge in [0.05, 0.1) is 0 Å². The second kappa shape index (κ2) is 5.06. The molecule has 0 aliphatic rings. The van der Waals surface area contributed by atoms with Gasteiger partial charge in [-0.15, -0.1) is 6.54 Å². The number of rotatable bonds is 4. The van der Waals surface area contributed by atoms with E-state index in [4.69, 9.17) is 4.74 Å². The second-order valence-electron chi connectivity index (χ2n) is 2.06. The van der Waals surface area contributed by atoms with Crippen molar-refractivity contribution in [3.63, 3.8) is 0 Å². The molecule has 0 spiro atoms. The van der Waals surface area contributed by atoms with Crippen molar-refractivity contribution < 1.29 is 4.74 Å². The van der Waals surface area contributed by atoms with Gasteiger partial charge in [-0.1, -0.05) is 6.92 Å². The molecule has 1 unspecified atom stereocenters. The SMILES string of the molecule is C[N-]CC(C)COC. The molecule has 0 N–H and O–H groups in total. The molecule has 0 rings (SSSR count). The predicted molar refractivity (Wildman–Crippen MR) is 35.2 cm³/mol. The van der Waals surface area contributed by atoms with Gasteiger partial charge in [0.1, 0.15) is 0 Å². The fourth-order valence-electron chi connectivity index (χ4n) is 0.649. The predicted octanol–water partition coefficient (Wildman–Crippen LogP) is 1.27. The average molecular weight is 116 g/mol. The summed E-state index contributed by atoms with van der Waals surface area (Å²) in [5, 5.41) is 3.97. The van der Waals surface area contributed by atoms with Crippen LogP contribution in [-0.4, -0.2) is 27.3 Å². The molecule has 0 bridgehead atoms. The lowest BCUT2D eigenvalue weighted by Gasteiger charge is -2.17. The van der Waals surface area contributed by atoms with E-state index in [0.29, 0.717) is 5.92 Å². The summed E-state index contributed by atoms with van der Waals surface area (Å²) in [6, 6.07) is 0. The molecule has 0 saturated heterocycles. The highest BCUT2D eigenvalue weighted by Crippen LogP contribution is 1.96. The topological polar surface area (TPSA) is 23.3 Å². The minimum atomic E-state index is 0.574. The molecule has 0 aliphatic heterocycles. The summed E-state index contributed by atoms with van der Waals surface area (Å²) in [6.45, 7) is 3.85. The fourth-order valence-corrected chi connectivity index (χ4v) is 0.649. The normalized spacial score (nSPS) is 13.9. The molecule has 1 atom stereocenters. The summed E-state index contributed by atoms with van der Waals surface area (Å²) >= 11 is 0. The summed E-state index contributed by atoms with van der Waals surface area (Å²) in [5.41, 5.74) is 0. The first-order chi connectivity index (χ1) is 3.81. The molecule has 0 amide bonds. The third kappa shape index (κ3) is 4.09. The molecule has 0 heterocycles. The minimum absolute atomic E-state index is 0.574. The molecule has 0 saturated carbocycles. The molecule has 50 valence electrons. The van der Waals surface area contributed by atoms with Crippen molar-refractivity contribution >= 4 is 0 Å². The van der Waals surface area contributed by atoms with E-state index in [2.05, 4.69) is 12.2 Å². The Kier molecular flexibility index (Phi) is 5.01. The molecule has 0 aromatic heterocycles. The van der Waals surface area contributed by atoms with Gasteiger partial charge in [-0.3, -0.25) is 0 Å². The van der Waals surface area contributed by atoms with Crippen LogP contribution in [0.3, 0.4) is 0 Å². The van der Waals surface area contributed by atoms with Crippen LogP contribution in [0.25, 0.3) is 5.32 Å². The van der Waals surface area contributed by atoms with Crippen LogP contribution in [0.5, 0.6) is 0 Å². The van der Waals surface area contributed by atoms with Crippen LogP contribution in [0.4, 0.5) is 0 Å². The van der Waals surface area contributed by atoms with Crippen molar-refractivity contribution in [2.24, 2.45) is 5.92 Å². The number of hydrogen-bond acceptors (Lipinski definition) is 1. The van der Waals surface area contributed by atoms with Crippen molar-refractivity contribution in [3.05, 3.63) is 5.32 Å². The van der Waals surface area contributed by atoms with Crippen molar-refractivity contribution in [1.82, 2.24) is 0 Å². The van der Waals surface area contributed by atoms with Crippen LogP contribution in [0, 0.1) is 5.92 Å². The third-order valence-electron chi connectivity index (χ3n) is 0.945. The highest BCUT2D eigenvalue weighted by atomic mass is 16.5. The fraction of sp³-hybridized carbons (Fsp3) is 1.00. The highest BCUT2D eigenvalue weighted by molar-refractivity contribution is 4.73. The van der Waals surface area contributed by atoms with E-state index < -0.39 is 0 Å². The number of methoxy groups -OCH3 is 1. The molecule has 2 heteroatoms. The van der Waals surface area contributed by atoms with E-state index in [1.807, 2.05) is 7.05 Å². The van der Waals surface area contributed by atoms with Gasteiger partial charge in [-0.25, -0.2) is 0 Å². The molecule has 0 radical (unpaired) electrons. The Labute approximate surface area is 51.2 Å². The Morgan fingerprint density at radius 3 is 2.62 bits per heavy atom. The zero-order chi connectivity index (χ0) is 6.41. The van der Waals surface area contributed by atoms with E-state index >= 15 is 0 Å². The first-order valence-corrected chi connectivity index (χ1v) is 2.85. The monoisotopic (exact) mass is 116 g/mol. The summed E-state index contributed by atoms with van der Waals surface area (Å²) in [4.78, 5) is 0. The minimum Gasteiger partial charge on any atom is -0.665 e. The van der Waals surface area contributed by atoms with Gasteiger partial charge in [0.2, 0.25) is 0 Å². The van der Waals surface area contributed by atoms with Crippen LogP contribution < -0.4 is 0 Å². The first-order valence-electron chi connectivity index (χ1n) is 2.85. The summed E-state index contributed by atoms with van der Waals surface area (Å²) in [5.74, 6) is 0.574. The number of hydrogen-bond donors (Lipinski definition) is 0. The van der Waals surface area contributed by atoms with Crippen molar-refractivity contribution in [1.29, 1.82) is 0 Å². The van der Waals surface area contributed by atoms with Gasteiger partial charge in [-0.2, -0.15) is 7.05 Å². The molecule has 8 heavy (non-hydrogen) atoms. The molecule has 0 aromatic carbocycles. The zero-order valence-corrected chi connectivity index (χ0v) is 5.85. The van der Waals surface area contributed by atoms with Gasteiger partial charge in [0.15, 0.2) is 0 Å². The third-order valence-corrected chi connectivity index (χ3v) is 0.945. The highest BCUT2D eigenvalue weighted by Gasteiger charge is 1.90. The van der Waals surface area contributed by atoms with Crippen molar-refractivity contribution in [3.8, 4) is 0 Å². The smallest absolute Gasteiger partial charge is 0.0471 e. The Hall–Kier alpha value is -0.0800. The standard InChI is InChI=1S/C6H14NO/c1-6(4-7-2)5-8-3/h6H,4-5H2,1-3H3/q-1. The maximum atomic E-state index is 4.90. The summed E-state index contributed by atoms with van der Waals surface area (Å²) < 4.78 is 4.90.